The summed E-state index contributed by atoms with van der Waals surface area (Å²) in [5.74, 6) is 0.416. The number of benzene rings is 1. The van der Waals surface area contributed by atoms with Gasteiger partial charge in [-0.05, 0) is 55.5 Å². The molecule has 19 heavy (non-hydrogen) atoms. The summed E-state index contributed by atoms with van der Waals surface area (Å²) >= 11 is 5.94. The van der Waals surface area contributed by atoms with E-state index in [2.05, 4.69) is 15.3 Å². The van der Waals surface area contributed by atoms with Gasteiger partial charge in [0.15, 0.2) is 0 Å². The fourth-order valence-electron chi connectivity index (χ4n) is 2.37. The summed E-state index contributed by atoms with van der Waals surface area (Å²) in [5.41, 5.74) is 2.77. The van der Waals surface area contributed by atoms with Crippen molar-refractivity contribution in [1.82, 2.24) is 9.97 Å². The molecule has 0 unspecified atom stereocenters. The number of anilines is 2. The summed E-state index contributed by atoms with van der Waals surface area (Å²) < 4.78 is 13.2. The van der Waals surface area contributed by atoms with E-state index in [1.807, 2.05) is 0 Å². The molecular formula is C14H13ClFN3. The van der Waals surface area contributed by atoms with Gasteiger partial charge in [-0.3, -0.25) is 0 Å². The first-order chi connectivity index (χ1) is 9.22. The van der Waals surface area contributed by atoms with E-state index in [9.17, 15) is 4.39 Å². The summed E-state index contributed by atoms with van der Waals surface area (Å²) in [7, 11) is 0. The van der Waals surface area contributed by atoms with Crippen molar-refractivity contribution >= 4 is 23.1 Å². The molecule has 1 aliphatic carbocycles. The molecule has 1 aromatic carbocycles. The van der Waals surface area contributed by atoms with Crippen LogP contribution in [0.5, 0.6) is 0 Å². The van der Waals surface area contributed by atoms with E-state index in [0.717, 1.165) is 36.9 Å². The van der Waals surface area contributed by atoms with Gasteiger partial charge in [0, 0.05) is 11.3 Å². The van der Waals surface area contributed by atoms with Gasteiger partial charge in [-0.2, -0.15) is 0 Å². The molecule has 2 aromatic rings. The number of hydrogen-bond donors (Lipinski definition) is 1. The van der Waals surface area contributed by atoms with Crippen LogP contribution in [0.15, 0.2) is 24.3 Å². The Morgan fingerprint density at radius 1 is 1.16 bits per heavy atom. The van der Waals surface area contributed by atoms with Crippen LogP contribution in [-0.4, -0.2) is 9.97 Å². The number of rotatable bonds is 2. The molecule has 0 amide bonds. The van der Waals surface area contributed by atoms with Crippen LogP contribution >= 0.6 is 11.6 Å². The topological polar surface area (TPSA) is 37.8 Å². The average Bonchev–Trinajstić information content (AvgIpc) is 2.38. The molecule has 5 heteroatoms. The average molecular weight is 278 g/mol. The molecule has 0 radical (unpaired) electrons. The van der Waals surface area contributed by atoms with Crippen molar-refractivity contribution in [3.05, 3.63) is 46.6 Å². The Morgan fingerprint density at radius 3 is 2.84 bits per heavy atom. The van der Waals surface area contributed by atoms with Crippen LogP contribution in [0.2, 0.25) is 5.28 Å². The molecule has 98 valence electrons. The zero-order chi connectivity index (χ0) is 13.2. The highest BCUT2D eigenvalue weighted by Gasteiger charge is 2.17. The number of nitrogens with zero attached hydrogens (tertiary/aromatic N) is 2. The van der Waals surface area contributed by atoms with E-state index in [4.69, 9.17) is 11.6 Å². The molecule has 1 N–H and O–H groups in total. The van der Waals surface area contributed by atoms with E-state index in [0.29, 0.717) is 11.5 Å². The van der Waals surface area contributed by atoms with E-state index >= 15 is 0 Å². The van der Waals surface area contributed by atoms with Crippen molar-refractivity contribution in [3.8, 4) is 0 Å². The van der Waals surface area contributed by atoms with Crippen molar-refractivity contribution < 1.29 is 4.39 Å². The van der Waals surface area contributed by atoms with Gasteiger partial charge in [0.1, 0.15) is 11.6 Å². The monoisotopic (exact) mass is 277 g/mol. The molecule has 3 nitrogen and oxygen atoms in total. The zero-order valence-electron chi connectivity index (χ0n) is 10.3. The largest absolute Gasteiger partial charge is 0.340 e. The Kier molecular flexibility index (Phi) is 3.34. The molecule has 0 spiro atoms. The Balaban J connectivity index is 1.98. The Hall–Kier alpha value is -1.68. The molecule has 3 rings (SSSR count). The highest BCUT2D eigenvalue weighted by atomic mass is 35.5. The van der Waals surface area contributed by atoms with Crippen LogP contribution in [0.4, 0.5) is 15.9 Å². The highest BCUT2D eigenvalue weighted by molar-refractivity contribution is 6.28. The van der Waals surface area contributed by atoms with Crippen molar-refractivity contribution in [2.45, 2.75) is 25.7 Å². The molecule has 1 aliphatic rings. The Bertz CT molecular complexity index is 616. The van der Waals surface area contributed by atoms with Crippen molar-refractivity contribution in [3.63, 3.8) is 0 Å². The third-order valence-corrected chi connectivity index (χ3v) is 3.41. The minimum Gasteiger partial charge on any atom is -0.340 e. The SMILES string of the molecule is Fc1cccc(Nc2nc(Cl)nc3c2CCCC3)c1. The van der Waals surface area contributed by atoms with Crippen LogP contribution in [0.3, 0.4) is 0 Å². The Morgan fingerprint density at radius 2 is 2.00 bits per heavy atom. The number of hydrogen-bond acceptors (Lipinski definition) is 3. The van der Waals surface area contributed by atoms with Crippen LogP contribution in [-0.2, 0) is 12.8 Å². The molecule has 1 heterocycles. The maximum Gasteiger partial charge on any atom is 0.224 e. The summed E-state index contributed by atoms with van der Waals surface area (Å²) in [5, 5.41) is 3.37. The number of fused-ring (bicyclic) bond motifs is 1. The lowest BCUT2D eigenvalue weighted by Gasteiger charge is -2.18. The van der Waals surface area contributed by atoms with Crippen LogP contribution in [0.25, 0.3) is 0 Å². The molecule has 0 bridgehead atoms. The molecular weight excluding hydrogens is 265 g/mol. The smallest absolute Gasteiger partial charge is 0.224 e. The quantitative estimate of drug-likeness (QED) is 0.846. The number of aryl methyl sites for hydroxylation is 1. The van der Waals surface area contributed by atoms with Crippen molar-refractivity contribution in [1.29, 1.82) is 0 Å². The summed E-state index contributed by atoms with van der Waals surface area (Å²) in [4.78, 5) is 8.51. The van der Waals surface area contributed by atoms with Crippen molar-refractivity contribution in [2.24, 2.45) is 0 Å². The first kappa shape index (κ1) is 12.4. The second-order valence-electron chi connectivity index (χ2n) is 4.61. The molecule has 0 atom stereocenters. The van der Waals surface area contributed by atoms with E-state index in [1.165, 1.54) is 12.1 Å². The van der Waals surface area contributed by atoms with Crippen molar-refractivity contribution in [2.75, 3.05) is 5.32 Å². The minimum atomic E-state index is -0.279. The first-order valence-electron chi connectivity index (χ1n) is 6.30. The van der Waals surface area contributed by atoms with Crippen LogP contribution in [0, 0.1) is 5.82 Å². The predicted molar refractivity (Wildman–Crippen MR) is 73.4 cm³/mol. The lowest BCUT2D eigenvalue weighted by atomic mass is 9.96. The molecule has 0 fully saturated rings. The van der Waals surface area contributed by atoms with E-state index in [1.54, 1.807) is 12.1 Å². The second-order valence-corrected chi connectivity index (χ2v) is 4.95. The molecule has 0 saturated carbocycles. The summed E-state index contributed by atoms with van der Waals surface area (Å²) in [6.07, 6.45) is 4.11. The molecule has 1 aromatic heterocycles. The number of aromatic nitrogens is 2. The normalized spacial score (nSPS) is 14.0. The lowest BCUT2D eigenvalue weighted by molar-refractivity contribution is 0.628. The molecule has 0 saturated heterocycles. The summed E-state index contributed by atoms with van der Waals surface area (Å²) in [6, 6.07) is 6.31. The van der Waals surface area contributed by atoms with Gasteiger partial charge in [0.25, 0.3) is 0 Å². The van der Waals surface area contributed by atoms with E-state index in [-0.39, 0.29) is 11.1 Å². The van der Waals surface area contributed by atoms with Gasteiger partial charge in [0.05, 0.1) is 5.69 Å². The molecule has 0 aliphatic heterocycles. The zero-order valence-corrected chi connectivity index (χ0v) is 11.0. The Labute approximate surface area is 115 Å². The number of nitrogens with one attached hydrogen (secondary N) is 1. The third-order valence-electron chi connectivity index (χ3n) is 3.24. The standard InChI is InChI=1S/C14H13ClFN3/c15-14-18-12-7-2-1-6-11(12)13(19-14)17-10-5-3-4-9(16)8-10/h3-5,8H,1-2,6-7H2,(H,17,18,19). The lowest BCUT2D eigenvalue weighted by Crippen LogP contribution is -2.11. The first-order valence-corrected chi connectivity index (χ1v) is 6.68. The highest BCUT2D eigenvalue weighted by Crippen LogP contribution is 2.28. The van der Waals surface area contributed by atoms with Gasteiger partial charge < -0.3 is 5.32 Å². The maximum absolute atomic E-state index is 13.2. The summed E-state index contributed by atoms with van der Waals surface area (Å²) in [6.45, 7) is 0. The fourth-order valence-corrected chi connectivity index (χ4v) is 2.56. The third kappa shape index (κ3) is 2.68. The van der Waals surface area contributed by atoms with Crippen LogP contribution in [0.1, 0.15) is 24.1 Å². The van der Waals surface area contributed by atoms with Gasteiger partial charge in [-0.15, -0.1) is 0 Å². The maximum atomic E-state index is 13.2. The number of halogens is 2. The second kappa shape index (κ2) is 5.13. The minimum absolute atomic E-state index is 0.236. The van der Waals surface area contributed by atoms with Gasteiger partial charge >= 0.3 is 0 Å². The fraction of sp³-hybridized carbons (Fsp3) is 0.286. The predicted octanol–water partition coefficient (Wildman–Crippen LogP) is 3.89. The van der Waals surface area contributed by atoms with Gasteiger partial charge in [-0.1, -0.05) is 6.07 Å². The van der Waals surface area contributed by atoms with Gasteiger partial charge in [0.2, 0.25) is 5.28 Å². The van der Waals surface area contributed by atoms with E-state index < -0.39 is 0 Å². The van der Waals surface area contributed by atoms with Gasteiger partial charge in [-0.25, -0.2) is 14.4 Å². The van der Waals surface area contributed by atoms with Crippen LogP contribution < -0.4 is 5.32 Å².